The van der Waals surface area contributed by atoms with Crippen LogP contribution in [0.3, 0.4) is 0 Å². The number of nitrogens with zero attached hydrogens (tertiary/aromatic N) is 3. The lowest BCUT2D eigenvalue weighted by Crippen LogP contribution is -2.24. The number of pyridine rings is 1. The Bertz CT molecular complexity index is 1500. The molecule has 0 bridgehead atoms. The molecule has 0 aliphatic carbocycles. The summed E-state index contributed by atoms with van der Waals surface area (Å²) in [6.45, 7) is 2.13. The van der Waals surface area contributed by atoms with Crippen LogP contribution in [-0.4, -0.2) is 27.6 Å². The van der Waals surface area contributed by atoms with Crippen molar-refractivity contribution in [1.82, 2.24) is 9.97 Å². The van der Waals surface area contributed by atoms with Gasteiger partial charge in [-0.3, -0.25) is 9.78 Å². The molecule has 5 rings (SSSR count). The van der Waals surface area contributed by atoms with E-state index in [9.17, 15) is 4.79 Å². The molecule has 2 heterocycles. The zero-order valence-corrected chi connectivity index (χ0v) is 23.7. The van der Waals surface area contributed by atoms with Gasteiger partial charge in [-0.2, -0.15) is 0 Å². The molecule has 0 aliphatic rings. The first-order chi connectivity index (χ1) is 20.1. The van der Waals surface area contributed by atoms with Crippen LogP contribution in [0.25, 0.3) is 11.4 Å². The molecule has 5 aromatic rings. The molecule has 6 nitrogen and oxygen atoms in total. The van der Waals surface area contributed by atoms with Gasteiger partial charge in [-0.05, 0) is 65.8 Å². The minimum Gasteiger partial charge on any atom is -0.489 e. The summed E-state index contributed by atoms with van der Waals surface area (Å²) < 4.78 is 5.96. The van der Waals surface area contributed by atoms with Crippen LogP contribution in [0, 0.1) is 0 Å². The van der Waals surface area contributed by atoms with Gasteiger partial charge in [-0.15, -0.1) is 11.3 Å². The third-order valence-electron chi connectivity index (χ3n) is 6.78. The number of thiazole rings is 1. The molecule has 2 aromatic heterocycles. The zero-order chi connectivity index (χ0) is 28.3. The van der Waals surface area contributed by atoms with Crippen LogP contribution in [0.4, 0.5) is 5.13 Å². The van der Waals surface area contributed by atoms with E-state index in [0.29, 0.717) is 13.0 Å². The largest absolute Gasteiger partial charge is 0.489 e. The molecule has 0 atom stereocenters. The molecule has 0 spiro atoms. The van der Waals surface area contributed by atoms with Crippen molar-refractivity contribution in [3.63, 3.8) is 0 Å². The van der Waals surface area contributed by atoms with E-state index in [1.807, 2.05) is 42.5 Å². The highest BCUT2D eigenvalue weighted by molar-refractivity contribution is 7.14. The number of rotatable bonds is 14. The van der Waals surface area contributed by atoms with Crippen molar-refractivity contribution in [2.24, 2.45) is 0 Å². The highest BCUT2D eigenvalue weighted by Gasteiger charge is 2.14. The average molecular weight is 564 g/mol. The molecule has 0 fully saturated rings. The lowest BCUT2D eigenvalue weighted by Gasteiger charge is -2.22. The second-order valence-corrected chi connectivity index (χ2v) is 10.7. The minimum absolute atomic E-state index is 0.130. The fourth-order valence-corrected chi connectivity index (χ4v) is 5.38. The maximum absolute atomic E-state index is 10.8. The number of aromatic nitrogens is 2. The second-order valence-electron chi connectivity index (χ2n) is 9.88. The van der Waals surface area contributed by atoms with Crippen molar-refractivity contribution in [3.8, 4) is 17.1 Å². The summed E-state index contributed by atoms with van der Waals surface area (Å²) in [5.41, 5.74) is 6.43. The fraction of sp³-hybridized carbons (Fsp3) is 0.206. The summed E-state index contributed by atoms with van der Waals surface area (Å²) in [4.78, 5) is 22.5. The summed E-state index contributed by atoms with van der Waals surface area (Å²) >= 11 is 1.66. The molecule has 0 radical (unpaired) electrons. The van der Waals surface area contributed by atoms with Crippen LogP contribution in [0.5, 0.6) is 5.75 Å². The van der Waals surface area contributed by atoms with Gasteiger partial charge in [0.1, 0.15) is 18.1 Å². The Morgan fingerprint density at radius 1 is 0.780 bits per heavy atom. The van der Waals surface area contributed by atoms with E-state index in [4.69, 9.17) is 14.8 Å². The summed E-state index contributed by atoms with van der Waals surface area (Å²) in [7, 11) is 0. The van der Waals surface area contributed by atoms with Crippen LogP contribution in [0.1, 0.15) is 35.1 Å². The Kier molecular flexibility index (Phi) is 9.74. The maximum atomic E-state index is 10.8. The van der Waals surface area contributed by atoms with E-state index in [0.717, 1.165) is 59.3 Å². The average Bonchev–Trinajstić information content (AvgIpc) is 3.51. The van der Waals surface area contributed by atoms with Crippen molar-refractivity contribution in [1.29, 1.82) is 0 Å². The van der Waals surface area contributed by atoms with Crippen LogP contribution >= 0.6 is 11.3 Å². The van der Waals surface area contributed by atoms with Crippen LogP contribution < -0.4 is 9.64 Å². The van der Waals surface area contributed by atoms with Crippen molar-refractivity contribution >= 4 is 22.4 Å². The molecular weight excluding hydrogens is 530 g/mol. The summed E-state index contributed by atoms with van der Waals surface area (Å²) in [6, 6.07) is 32.7. The smallest absolute Gasteiger partial charge is 0.303 e. The van der Waals surface area contributed by atoms with Gasteiger partial charge < -0.3 is 14.7 Å². The predicted molar refractivity (Wildman–Crippen MR) is 164 cm³/mol. The topological polar surface area (TPSA) is 75.6 Å². The van der Waals surface area contributed by atoms with Gasteiger partial charge in [0.05, 0.1) is 5.69 Å². The van der Waals surface area contributed by atoms with Crippen molar-refractivity contribution < 1.29 is 14.6 Å². The number of carboxylic acid groups (broad SMARTS) is 1. The number of aryl methyl sites for hydroxylation is 2. The normalized spacial score (nSPS) is 10.8. The first-order valence-electron chi connectivity index (χ1n) is 13.8. The van der Waals surface area contributed by atoms with Gasteiger partial charge in [0.2, 0.25) is 0 Å². The first kappa shape index (κ1) is 28.1. The number of hydrogen-bond acceptors (Lipinski definition) is 6. The van der Waals surface area contributed by atoms with Gasteiger partial charge in [0.15, 0.2) is 5.13 Å². The van der Waals surface area contributed by atoms with E-state index in [-0.39, 0.29) is 6.42 Å². The third-order valence-corrected chi connectivity index (χ3v) is 7.68. The maximum Gasteiger partial charge on any atom is 0.303 e. The molecule has 0 unspecified atom stereocenters. The van der Waals surface area contributed by atoms with Gasteiger partial charge in [0.25, 0.3) is 0 Å². The summed E-state index contributed by atoms with van der Waals surface area (Å²) in [5.74, 6) is -0.0183. The van der Waals surface area contributed by atoms with Gasteiger partial charge in [-0.1, -0.05) is 72.8 Å². The van der Waals surface area contributed by atoms with Gasteiger partial charge >= 0.3 is 5.97 Å². The predicted octanol–water partition coefficient (Wildman–Crippen LogP) is 7.44. The van der Waals surface area contributed by atoms with E-state index >= 15 is 0 Å². The van der Waals surface area contributed by atoms with Crippen LogP contribution in [-0.2, 0) is 30.8 Å². The van der Waals surface area contributed by atoms with Gasteiger partial charge in [-0.25, -0.2) is 4.98 Å². The summed E-state index contributed by atoms with van der Waals surface area (Å²) in [5, 5.41) is 11.9. The molecule has 0 saturated heterocycles. The molecule has 0 saturated carbocycles. The Balaban J connectivity index is 1.21. The molecule has 7 heteroatoms. The number of carboxylic acids is 1. The molecule has 1 N–H and O–H groups in total. The van der Waals surface area contributed by atoms with E-state index in [1.165, 1.54) is 11.1 Å². The molecule has 41 heavy (non-hydrogen) atoms. The third kappa shape index (κ3) is 8.50. The Labute approximate surface area is 244 Å². The Hall–Kier alpha value is -4.49. The fourth-order valence-electron chi connectivity index (χ4n) is 4.53. The molecule has 3 aromatic carbocycles. The van der Waals surface area contributed by atoms with E-state index in [1.54, 1.807) is 17.5 Å². The van der Waals surface area contributed by atoms with E-state index < -0.39 is 5.97 Å². The van der Waals surface area contributed by atoms with E-state index in [2.05, 4.69) is 69.9 Å². The minimum atomic E-state index is -0.787. The monoisotopic (exact) mass is 563 g/mol. The Morgan fingerprint density at radius 3 is 2.22 bits per heavy atom. The standard InChI is InChI=1S/C34H33N3O3S/c38-33(39)20-17-27-15-18-30(19-16-27)40-24-29-13-11-28(12-14-29)23-37(22-6-9-26-7-2-1-3-8-26)34-36-32(25-41-34)31-10-4-5-21-35-31/h1-5,7-8,10-16,18-19,21,25H,6,9,17,20,22-24H2,(H,38,39). The SMILES string of the molecule is O=C(O)CCc1ccc(OCc2ccc(CN(CCCc3ccccc3)c3nc(-c4ccccn4)cs3)cc2)cc1. The number of aliphatic carboxylic acids is 1. The number of carbonyl (C=O) groups is 1. The molecule has 0 aliphatic heterocycles. The number of benzene rings is 3. The number of ether oxygens (including phenoxy) is 1. The van der Waals surface area contributed by atoms with Crippen molar-refractivity contribution in [2.75, 3.05) is 11.4 Å². The van der Waals surface area contributed by atoms with Crippen molar-refractivity contribution in [2.45, 2.75) is 38.8 Å². The Morgan fingerprint density at radius 2 is 1.49 bits per heavy atom. The van der Waals surface area contributed by atoms with Gasteiger partial charge in [0, 0.05) is 31.1 Å². The second kappa shape index (κ2) is 14.2. The highest BCUT2D eigenvalue weighted by atomic mass is 32.1. The summed E-state index contributed by atoms with van der Waals surface area (Å²) in [6.07, 6.45) is 4.50. The van der Waals surface area contributed by atoms with Crippen LogP contribution in [0.15, 0.2) is 109 Å². The number of hydrogen-bond donors (Lipinski definition) is 1. The molecule has 0 amide bonds. The number of anilines is 1. The first-order valence-corrected chi connectivity index (χ1v) is 14.7. The van der Waals surface area contributed by atoms with Crippen molar-refractivity contribution in [3.05, 3.63) is 131 Å². The highest BCUT2D eigenvalue weighted by Crippen LogP contribution is 2.28. The lowest BCUT2D eigenvalue weighted by atomic mass is 10.1. The lowest BCUT2D eigenvalue weighted by molar-refractivity contribution is -0.136. The zero-order valence-electron chi connectivity index (χ0n) is 22.9. The quantitative estimate of drug-likeness (QED) is 0.151. The molecular formula is C34H33N3O3S. The van der Waals surface area contributed by atoms with Crippen LogP contribution in [0.2, 0.25) is 0 Å². The molecule has 208 valence electrons.